The summed E-state index contributed by atoms with van der Waals surface area (Å²) in [6.45, 7) is 0.0805. The number of non-ortho nitro benzene ring substituents is 1. The number of hydrogen-bond donors (Lipinski definition) is 1. The van der Waals surface area contributed by atoms with E-state index >= 15 is 0 Å². The minimum Gasteiger partial charge on any atom is -0.376 e. The molecule has 2 rings (SSSR count). The second-order valence-corrected chi connectivity index (χ2v) is 4.94. The Bertz CT molecular complexity index is 642. The number of rotatable bonds is 4. The van der Waals surface area contributed by atoms with Crippen LogP contribution in [0.15, 0.2) is 40.9 Å². The van der Waals surface area contributed by atoms with Gasteiger partial charge in [-0.2, -0.15) is 0 Å². The predicted octanol–water partition coefficient (Wildman–Crippen LogP) is 4.25. The zero-order valence-corrected chi connectivity index (χ0v) is 11.7. The summed E-state index contributed by atoms with van der Waals surface area (Å²) in [6.07, 6.45) is 0. The molecule has 0 saturated carbocycles. The molecule has 0 aliphatic carbocycles. The number of nitrogens with one attached hydrogen (secondary N) is 1. The summed E-state index contributed by atoms with van der Waals surface area (Å²) in [7, 11) is 0. The van der Waals surface area contributed by atoms with Gasteiger partial charge in [-0.3, -0.25) is 10.1 Å². The molecule has 0 fully saturated rings. The Morgan fingerprint density at radius 3 is 2.45 bits per heavy atom. The van der Waals surface area contributed by atoms with Gasteiger partial charge >= 0.3 is 0 Å². The highest BCUT2D eigenvalue weighted by Gasteiger charge is 2.11. The first kappa shape index (κ1) is 14.4. The van der Waals surface area contributed by atoms with Gasteiger partial charge in [-0.05, 0) is 17.7 Å². The van der Waals surface area contributed by atoms with Crippen molar-refractivity contribution in [2.24, 2.45) is 0 Å². The van der Waals surface area contributed by atoms with Crippen molar-refractivity contribution in [1.29, 1.82) is 0 Å². The fourth-order valence-electron chi connectivity index (χ4n) is 1.68. The number of nitro benzene ring substituents is 1. The number of halogens is 3. The number of benzene rings is 2. The molecule has 2 aromatic carbocycles. The molecule has 20 heavy (non-hydrogen) atoms. The lowest BCUT2D eigenvalue weighted by molar-refractivity contribution is -0.384. The summed E-state index contributed by atoms with van der Waals surface area (Å²) < 4.78 is 27.5. The van der Waals surface area contributed by atoms with Crippen molar-refractivity contribution in [3.63, 3.8) is 0 Å². The van der Waals surface area contributed by atoms with Gasteiger partial charge in [0, 0.05) is 23.2 Å². The first-order chi connectivity index (χ1) is 9.47. The van der Waals surface area contributed by atoms with Crippen LogP contribution in [0.5, 0.6) is 0 Å². The third-order valence-electron chi connectivity index (χ3n) is 2.60. The summed E-state index contributed by atoms with van der Waals surface area (Å²) >= 11 is 2.99. The molecule has 1 N–H and O–H groups in total. The molecule has 0 aromatic heterocycles. The second kappa shape index (κ2) is 5.96. The minimum atomic E-state index is -0.734. The maximum absolute atomic E-state index is 13.6. The molecule has 0 amide bonds. The van der Waals surface area contributed by atoms with E-state index in [-0.39, 0.29) is 17.9 Å². The van der Waals surface area contributed by atoms with Crippen LogP contribution in [0.4, 0.5) is 20.2 Å². The average Bonchev–Trinajstić information content (AvgIpc) is 2.37. The van der Waals surface area contributed by atoms with Crippen LogP contribution in [0, 0.1) is 21.7 Å². The lowest BCUT2D eigenvalue weighted by Crippen LogP contribution is -2.04. The number of nitro groups is 1. The van der Waals surface area contributed by atoms with Crippen LogP contribution in [-0.4, -0.2) is 4.92 Å². The normalized spacial score (nSPS) is 10.3. The molecular weight excluding hydrogens is 334 g/mol. The van der Waals surface area contributed by atoms with E-state index in [0.717, 1.165) is 12.1 Å². The minimum absolute atomic E-state index is 0.0685. The zero-order chi connectivity index (χ0) is 14.7. The van der Waals surface area contributed by atoms with Gasteiger partial charge in [0.05, 0.1) is 4.92 Å². The van der Waals surface area contributed by atoms with E-state index in [9.17, 15) is 18.9 Å². The number of hydrogen-bond acceptors (Lipinski definition) is 3. The van der Waals surface area contributed by atoms with Crippen LogP contribution in [0.1, 0.15) is 5.56 Å². The molecule has 0 aliphatic heterocycles. The molecule has 7 heteroatoms. The fourth-order valence-corrected chi connectivity index (χ4v) is 2.08. The molecule has 0 unspecified atom stereocenters. The van der Waals surface area contributed by atoms with Gasteiger partial charge in [0.25, 0.3) is 5.69 Å². The van der Waals surface area contributed by atoms with Crippen LogP contribution in [-0.2, 0) is 6.54 Å². The number of nitrogens with zero attached hydrogens (tertiary/aromatic N) is 1. The van der Waals surface area contributed by atoms with Gasteiger partial charge in [0.1, 0.15) is 17.3 Å². The van der Waals surface area contributed by atoms with Crippen molar-refractivity contribution in [2.45, 2.75) is 6.54 Å². The van der Waals surface area contributed by atoms with Gasteiger partial charge < -0.3 is 5.32 Å². The summed E-state index contributed by atoms with van der Waals surface area (Å²) in [5.41, 5.74) is 0.224. The van der Waals surface area contributed by atoms with E-state index < -0.39 is 16.6 Å². The highest BCUT2D eigenvalue weighted by atomic mass is 79.9. The predicted molar refractivity (Wildman–Crippen MR) is 74.5 cm³/mol. The summed E-state index contributed by atoms with van der Waals surface area (Å²) in [6, 6.07) is 8.13. The van der Waals surface area contributed by atoms with Crippen LogP contribution < -0.4 is 5.32 Å². The van der Waals surface area contributed by atoms with Crippen molar-refractivity contribution in [3.05, 3.63) is 68.2 Å². The van der Waals surface area contributed by atoms with Gasteiger partial charge in [-0.25, -0.2) is 8.78 Å². The Hall–Kier alpha value is -2.02. The monoisotopic (exact) mass is 342 g/mol. The molecule has 0 radical (unpaired) electrons. The smallest absolute Gasteiger partial charge is 0.269 e. The Kier molecular flexibility index (Phi) is 4.29. The molecule has 0 aliphatic rings. The van der Waals surface area contributed by atoms with Gasteiger partial charge in [-0.15, -0.1) is 0 Å². The Morgan fingerprint density at radius 2 is 1.85 bits per heavy atom. The zero-order valence-electron chi connectivity index (χ0n) is 10.1. The maximum atomic E-state index is 13.6. The van der Waals surface area contributed by atoms with E-state index in [1.807, 2.05) is 0 Å². The van der Waals surface area contributed by atoms with E-state index in [4.69, 9.17) is 0 Å². The van der Waals surface area contributed by atoms with Crippen LogP contribution in [0.2, 0.25) is 0 Å². The molecule has 0 atom stereocenters. The highest BCUT2D eigenvalue weighted by molar-refractivity contribution is 9.10. The Labute approximate surface area is 121 Å². The molecule has 2 aromatic rings. The molecule has 4 nitrogen and oxygen atoms in total. The molecule has 104 valence electrons. The van der Waals surface area contributed by atoms with E-state index in [0.29, 0.717) is 10.0 Å². The third kappa shape index (κ3) is 3.30. The van der Waals surface area contributed by atoms with E-state index in [1.165, 1.54) is 18.2 Å². The summed E-state index contributed by atoms with van der Waals surface area (Å²) in [4.78, 5) is 10.1. The van der Waals surface area contributed by atoms with Crippen molar-refractivity contribution in [1.82, 2.24) is 0 Å². The fraction of sp³-hybridized carbons (Fsp3) is 0.0769. The molecular formula is C13H9BrF2N2O2. The topological polar surface area (TPSA) is 55.2 Å². The van der Waals surface area contributed by atoms with Gasteiger partial charge in [0.15, 0.2) is 0 Å². The Morgan fingerprint density at radius 1 is 1.20 bits per heavy atom. The SMILES string of the molecule is O=[N+]([O-])c1cccc(CNc2c(F)cc(Br)cc2F)c1. The molecule has 0 heterocycles. The van der Waals surface area contributed by atoms with E-state index in [2.05, 4.69) is 21.2 Å². The van der Waals surface area contributed by atoms with Crippen LogP contribution >= 0.6 is 15.9 Å². The van der Waals surface area contributed by atoms with Crippen molar-refractivity contribution in [3.8, 4) is 0 Å². The van der Waals surface area contributed by atoms with Crippen molar-refractivity contribution >= 4 is 27.3 Å². The lowest BCUT2D eigenvalue weighted by atomic mass is 10.2. The first-order valence-corrected chi connectivity index (χ1v) is 6.38. The van der Waals surface area contributed by atoms with Crippen molar-refractivity contribution < 1.29 is 13.7 Å². The molecule has 0 spiro atoms. The summed E-state index contributed by atoms with van der Waals surface area (Å²) in [5.74, 6) is -1.47. The second-order valence-electron chi connectivity index (χ2n) is 4.02. The lowest BCUT2D eigenvalue weighted by Gasteiger charge is -2.09. The maximum Gasteiger partial charge on any atom is 0.269 e. The van der Waals surface area contributed by atoms with E-state index in [1.54, 1.807) is 6.07 Å². The van der Waals surface area contributed by atoms with Crippen molar-refractivity contribution in [2.75, 3.05) is 5.32 Å². The average molecular weight is 343 g/mol. The standard InChI is InChI=1S/C13H9BrF2N2O2/c14-9-5-11(15)13(12(16)6-9)17-7-8-2-1-3-10(4-8)18(19)20/h1-6,17H,7H2. The largest absolute Gasteiger partial charge is 0.376 e. The molecule has 0 bridgehead atoms. The Balaban J connectivity index is 2.17. The van der Waals surface area contributed by atoms with Crippen LogP contribution in [0.3, 0.4) is 0 Å². The first-order valence-electron chi connectivity index (χ1n) is 5.59. The summed E-state index contributed by atoms with van der Waals surface area (Å²) in [5, 5.41) is 13.2. The van der Waals surface area contributed by atoms with Gasteiger partial charge in [0.2, 0.25) is 0 Å². The highest BCUT2D eigenvalue weighted by Crippen LogP contribution is 2.24. The third-order valence-corrected chi connectivity index (χ3v) is 3.06. The quantitative estimate of drug-likeness (QED) is 0.667. The number of anilines is 1. The van der Waals surface area contributed by atoms with Gasteiger partial charge in [-0.1, -0.05) is 28.1 Å². The van der Waals surface area contributed by atoms with Crippen LogP contribution in [0.25, 0.3) is 0 Å². The molecule has 0 saturated heterocycles.